The number of amides is 2. The predicted molar refractivity (Wildman–Crippen MR) is 126 cm³/mol. The molecule has 0 fully saturated rings. The van der Waals surface area contributed by atoms with Crippen LogP contribution in [0.5, 0.6) is 0 Å². The van der Waals surface area contributed by atoms with E-state index in [0.717, 1.165) is 21.1 Å². The van der Waals surface area contributed by atoms with Crippen molar-refractivity contribution in [1.82, 2.24) is 10.0 Å². The number of benzene rings is 2. The number of carbonyl (C=O) groups excluding carboxylic acids is 3. The number of esters is 1. The fourth-order valence-corrected chi connectivity index (χ4v) is 3.33. The summed E-state index contributed by atoms with van der Waals surface area (Å²) in [6, 6.07) is 17.1. The second kappa shape index (κ2) is 10.8. The molecule has 9 heteroatoms. The van der Waals surface area contributed by atoms with Crippen LogP contribution in [0.3, 0.4) is 0 Å². The number of ether oxygens (including phenoxy) is 3. The lowest BCUT2D eigenvalue weighted by Gasteiger charge is -2.31. The Hall–Kier alpha value is -3.88. The summed E-state index contributed by atoms with van der Waals surface area (Å²) in [5.41, 5.74) is 2.56. The molecule has 0 aliphatic carbocycles. The molecular weight excluding hydrogens is 438 g/mol. The minimum atomic E-state index is -1.03. The van der Waals surface area contributed by atoms with E-state index in [0.29, 0.717) is 5.56 Å². The molecular formula is C25H29N3O6. The molecule has 1 heterocycles. The van der Waals surface area contributed by atoms with Gasteiger partial charge in [-0.25, -0.2) is 19.4 Å². The third-order valence-corrected chi connectivity index (χ3v) is 4.70. The van der Waals surface area contributed by atoms with Crippen molar-refractivity contribution < 1.29 is 28.6 Å². The largest absolute Gasteiger partial charge is 0.460 e. The van der Waals surface area contributed by atoms with Crippen molar-refractivity contribution >= 4 is 24.0 Å². The molecule has 1 aliphatic rings. The number of amidine groups is 1. The molecule has 180 valence electrons. The van der Waals surface area contributed by atoms with Crippen molar-refractivity contribution in [1.29, 1.82) is 0 Å². The Bertz CT molecular complexity index is 1050. The van der Waals surface area contributed by atoms with Crippen LogP contribution in [0.15, 0.2) is 59.6 Å². The van der Waals surface area contributed by atoms with Crippen LogP contribution in [0.1, 0.15) is 46.3 Å². The molecule has 0 N–H and O–H groups in total. The van der Waals surface area contributed by atoms with Gasteiger partial charge in [-0.05, 0) is 51.3 Å². The highest BCUT2D eigenvalue weighted by molar-refractivity contribution is 6.38. The zero-order valence-electron chi connectivity index (χ0n) is 19.9. The van der Waals surface area contributed by atoms with E-state index in [4.69, 9.17) is 14.2 Å². The average Bonchev–Trinajstić information content (AvgIpc) is 3.20. The number of carbonyl (C=O) groups is 3. The lowest BCUT2D eigenvalue weighted by atomic mass is 10.0. The summed E-state index contributed by atoms with van der Waals surface area (Å²) >= 11 is 0. The Morgan fingerprint density at radius 2 is 1.41 bits per heavy atom. The van der Waals surface area contributed by atoms with Crippen LogP contribution >= 0.6 is 0 Å². The van der Waals surface area contributed by atoms with E-state index in [9.17, 15) is 14.4 Å². The van der Waals surface area contributed by atoms with Gasteiger partial charge in [-0.1, -0.05) is 54.6 Å². The molecule has 0 spiro atoms. The summed E-state index contributed by atoms with van der Waals surface area (Å²) in [7, 11) is 0. The van der Waals surface area contributed by atoms with Gasteiger partial charge in [0.2, 0.25) is 5.84 Å². The van der Waals surface area contributed by atoms with Crippen molar-refractivity contribution in [3.05, 3.63) is 60.2 Å². The first-order chi connectivity index (χ1) is 16.2. The van der Waals surface area contributed by atoms with Crippen molar-refractivity contribution in [2.45, 2.75) is 53.0 Å². The summed E-state index contributed by atoms with van der Waals surface area (Å²) in [6.45, 7) is 8.38. The fraction of sp³-hybridized carbons (Fsp3) is 0.360. The minimum Gasteiger partial charge on any atom is -0.460 e. The van der Waals surface area contributed by atoms with E-state index in [-0.39, 0.29) is 12.4 Å². The first-order valence-electron chi connectivity index (χ1n) is 11.1. The normalized spacial score (nSPS) is 15.4. The molecule has 1 unspecified atom stereocenters. The molecule has 0 aromatic heterocycles. The maximum absolute atomic E-state index is 13.1. The van der Waals surface area contributed by atoms with Crippen molar-refractivity contribution in [3.63, 3.8) is 0 Å². The standard InChI is InChI=1S/C25H29N3O6/c1-6-32-23(29)22-26-21(20-14-12-19(13-15-20)18-10-8-7-9-11-18)27(24(30)33-16(2)3)28(22)25(31)34-17(4)5/h7-17,21H,6H2,1-5H3. The smallest absolute Gasteiger partial charge is 0.435 e. The van der Waals surface area contributed by atoms with E-state index in [1.165, 1.54) is 0 Å². The van der Waals surface area contributed by atoms with E-state index in [1.54, 1.807) is 46.8 Å². The zero-order chi connectivity index (χ0) is 24.8. The van der Waals surface area contributed by atoms with E-state index >= 15 is 0 Å². The Balaban J connectivity index is 2.05. The van der Waals surface area contributed by atoms with Crippen LogP contribution in [0.25, 0.3) is 11.1 Å². The van der Waals surface area contributed by atoms with Crippen LogP contribution in [-0.2, 0) is 19.0 Å². The number of hydrogen-bond acceptors (Lipinski definition) is 7. The van der Waals surface area contributed by atoms with Gasteiger partial charge in [0.15, 0.2) is 6.17 Å². The van der Waals surface area contributed by atoms with Gasteiger partial charge >= 0.3 is 18.2 Å². The molecule has 0 bridgehead atoms. The third kappa shape index (κ3) is 5.54. The van der Waals surface area contributed by atoms with E-state index < -0.39 is 36.5 Å². The predicted octanol–water partition coefficient (Wildman–Crippen LogP) is 4.94. The zero-order valence-corrected chi connectivity index (χ0v) is 19.9. The summed E-state index contributed by atoms with van der Waals surface area (Å²) in [5.74, 6) is -1.21. The molecule has 2 aromatic rings. The number of aliphatic imine (C=N–C) groups is 1. The van der Waals surface area contributed by atoms with Gasteiger partial charge in [-0.2, -0.15) is 10.0 Å². The summed E-state index contributed by atoms with van der Waals surface area (Å²) in [5, 5.41) is 1.77. The van der Waals surface area contributed by atoms with Crippen LogP contribution in [0, 0.1) is 0 Å². The molecule has 34 heavy (non-hydrogen) atoms. The molecule has 1 atom stereocenters. The Morgan fingerprint density at radius 3 is 1.97 bits per heavy atom. The monoisotopic (exact) mass is 467 g/mol. The van der Waals surface area contributed by atoms with Crippen molar-refractivity contribution in [2.24, 2.45) is 4.99 Å². The van der Waals surface area contributed by atoms with E-state index in [2.05, 4.69) is 4.99 Å². The summed E-state index contributed by atoms with van der Waals surface area (Å²) in [4.78, 5) is 43.1. The molecule has 3 rings (SSSR count). The van der Waals surface area contributed by atoms with Crippen molar-refractivity contribution in [3.8, 4) is 11.1 Å². The highest BCUT2D eigenvalue weighted by Crippen LogP contribution is 2.33. The maximum Gasteiger partial charge on any atom is 0.435 e. The topological polar surface area (TPSA) is 97.7 Å². The lowest BCUT2D eigenvalue weighted by molar-refractivity contribution is -0.136. The first kappa shape index (κ1) is 24.8. The number of hydrogen-bond donors (Lipinski definition) is 0. The van der Waals surface area contributed by atoms with E-state index in [1.807, 2.05) is 42.5 Å². The first-order valence-corrected chi connectivity index (χ1v) is 11.1. The molecule has 2 aromatic carbocycles. The van der Waals surface area contributed by atoms with Gasteiger partial charge in [-0.3, -0.25) is 0 Å². The van der Waals surface area contributed by atoms with Gasteiger partial charge < -0.3 is 14.2 Å². The molecule has 0 saturated carbocycles. The molecule has 9 nitrogen and oxygen atoms in total. The molecule has 0 saturated heterocycles. The van der Waals surface area contributed by atoms with Gasteiger partial charge in [0.25, 0.3) is 0 Å². The minimum absolute atomic E-state index is 0.0673. The van der Waals surface area contributed by atoms with Gasteiger partial charge in [0.05, 0.1) is 18.8 Å². The van der Waals surface area contributed by atoms with Crippen LogP contribution in [0.4, 0.5) is 9.59 Å². The molecule has 0 radical (unpaired) electrons. The summed E-state index contributed by atoms with van der Waals surface area (Å²) in [6.07, 6.45) is -3.79. The Morgan fingerprint density at radius 1 is 0.853 bits per heavy atom. The SMILES string of the molecule is CCOC(=O)C1=NC(c2ccc(-c3ccccc3)cc2)N(C(=O)OC(C)C)N1C(=O)OC(C)C. The Labute approximate surface area is 198 Å². The average molecular weight is 468 g/mol. The second-order valence-corrected chi connectivity index (χ2v) is 8.06. The van der Waals surface area contributed by atoms with Gasteiger partial charge in [0, 0.05) is 0 Å². The van der Waals surface area contributed by atoms with Gasteiger partial charge in [-0.15, -0.1) is 0 Å². The van der Waals surface area contributed by atoms with Crippen LogP contribution in [0.2, 0.25) is 0 Å². The quantitative estimate of drug-likeness (QED) is 0.441. The molecule has 2 amide bonds. The second-order valence-electron chi connectivity index (χ2n) is 8.06. The summed E-state index contributed by atoms with van der Waals surface area (Å²) < 4.78 is 15.7. The number of hydrazine groups is 1. The van der Waals surface area contributed by atoms with Crippen molar-refractivity contribution in [2.75, 3.05) is 6.61 Å². The maximum atomic E-state index is 13.1. The lowest BCUT2D eigenvalue weighted by Crippen LogP contribution is -2.52. The van der Waals surface area contributed by atoms with Gasteiger partial charge in [0.1, 0.15) is 0 Å². The third-order valence-electron chi connectivity index (χ3n) is 4.70. The molecule has 1 aliphatic heterocycles. The van der Waals surface area contributed by atoms with Crippen LogP contribution < -0.4 is 0 Å². The fourth-order valence-electron chi connectivity index (χ4n) is 3.33. The Kier molecular flexibility index (Phi) is 7.88. The highest BCUT2D eigenvalue weighted by atomic mass is 16.6. The number of nitrogens with zero attached hydrogens (tertiary/aromatic N) is 3. The number of rotatable bonds is 6. The van der Waals surface area contributed by atoms with Crippen LogP contribution in [-0.4, -0.2) is 52.8 Å². The highest BCUT2D eigenvalue weighted by Gasteiger charge is 2.47.